The van der Waals surface area contributed by atoms with Gasteiger partial charge in [-0.15, -0.1) is 0 Å². The van der Waals surface area contributed by atoms with E-state index in [1.807, 2.05) is 12.1 Å². The average molecular weight is 528 g/mol. The molecular weight excluding hydrogens is 501 g/mol. The number of rotatable bonds is 8. The molecule has 2 aliphatic heterocycles. The standard InChI is InChI=1S/C26H26FN3O6S/c27-17-1-4-20(5-2-17)37(33,34)30-18-3-6-23-21(11-18)22-12-19(35-24(15-31)26(22)36-23)13-25(32)29-14-16-7-9-28-10-8-16/h1-11,19,22,24,26,30-31H,12-15H2,(H,29,32)/t19-,22+,24-,26-/m0/s1. The van der Waals surface area contributed by atoms with Crippen LogP contribution in [0.25, 0.3) is 0 Å². The SMILES string of the molecule is O=C(C[C@@H]1C[C@@H]2c3cc(NS(=O)(=O)c4ccc(F)cc4)ccc3O[C@@H]2[C@H](CO)O1)NCc1ccncc1. The van der Waals surface area contributed by atoms with E-state index >= 15 is 0 Å². The summed E-state index contributed by atoms with van der Waals surface area (Å²) in [7, 11) is -3.93. The second-order valence-electron chi connectivity index (χ2n) is 9.05. The molecule has 3 heterocycles. The zero-order chi connectivity index (χ0) is 26.0. The molecule has 0 radical (unpaired) electrons. The minimum Gasteiger partial charge on any atom is -0.487 e. The Morgan fingerprint density at radius 2 is 1.86 bits per heavy atom. The first-order valence-corrected chi connectivity index (χ1v) is 13.3. The first-order valence-electron chi connectivity index (χ1n) is 11.8. The van der Waals surface area contributed by atoms with Crippen molar-refractivity contribution in [3.63, 3.8) is 0 Å². The zero-order valence-electron chi connectivity index (χ0n) is 19.7. The molecule has 3 N–H and O–H groups in total. The molecule has 3 aromatic rings. The number of anilines is 1. The van der Waals surface area contributed by atoms with Crippen molar-refractivity contribution < 1.29 is 32.2 Å². The van der Waals surface area contributed by atoms with Crippen molar-refractivity contribution in [2.24, 2.45) is 0 Å². The first-order chi connectivity index (χ1) is 17.8. The van der Waals surface area contributed by atoms with Gasteiger partial charge in [0.25, 0.3) is 10.0 Å². The fourth-order valence-corrected chi connectivity index (χ4v) is 5.81. The second kappa shape index (κ2) is 10.4. The maximum atomic E-state index is 13.2. The van der Waals surface area contributed by atoms with E-state index in [2.05, 4.69) is 15.0 Å². The molecule has 0 aliphatic carbocycles. The number of aromatic nitrogens is 1. The Hall–Kier alpha value is -3.54. The summed E-state index contributed by atoms with van der Waals surface area (Å²) >= 11 is 0. The molecule has 37 heavy (non-hydrogen) atoms. The average Bonchev–Trinajstić information content (AvgIpc) is 3.25. The fraction of sp³-hybridized carbons (Fsp3) is 0.308. The molecule has 5 rings (SSSR count). The number of carbonyl (C=O) groups is 1. The van der Waals surface area contributed by atoms with Gasteiger partial charge in [0.1, 0.15) is 23.8 Å². The minimum absolute atomic E-state index is 0.0622. The van der Waals surface area contributed by atoms with Crippen molar-refractivity contribution in [3.05, 3.63) is 83.9 Å². The van der Waals surface area contributed by atoms with Crippen LogP contribution in [0.4, 0.5) is 10.1 Å². The van der Waals surface area contributed by atoms with Crippen LogP contribution in [0, 0.1) is 5.82 Å². The maximum Gasteiger partial charge on any atom is 0.261 e. The van der Waals surface area contributed by atoms with Crippen LogP contribution in [0.5, 0.6) is 5.75 Å². The van der Waals surface area contributed by atoms with E-state index in [0.29, 0.717) is 24.4 Å². The lowest BCUT2D eigenvalue weighted by molar-refractivity contribution is -0.142. The number of hydrogen-bond donors (Lipinski definition) is 3. The number of hydrogen-bond acceptors (Lipinski definition) is 7. The quantitative estimate of drug-likeness (QED) is 0.411. The van der Waals surface area contributed by atoms with Crippen molar-refractivity contribution in [1.29, 1.82) is 0 Å². The summed E-state index contributed by atoms with van der Waals surface area (Å²) in [5.41, 5.74) is 2.02. The van der Waals surface area contributed by atoms with Crippen LogP contribution in [0.2, 0.25) is 0 Å². The summed E-state index contributed by atoms with van der Waals surface area (Å²) in [5.74, 6) is -0.339. The second-order valence-corrected chi connectivity index (χ2v) is 10.7. The van der Waals surface area contributed by atoms with Gasteiger partial charge in [0.05, 0.1) is 24.0 Å². The van der Waals surface area contributed by atoms with Crippen molar-refractivity contribution in [3.8, 4) is 5.75 Å². The number of ether oxygens (including phenoxy) is 2. The van der Waals surface area contributed by atoms with Gasteiger partial charge in [0.2, 0.25) is 5.91 Å². The van der Waals surface area contributed by atoms with Gasteiger partial charge in [-0.1, -0.05) is 0 Å². The number of fused-ring (bicyclic) bond motifs is 3. The molecule has 11 heteroatoms. The molecule has 194 valence electrons. The Morgan fingerprint density at radius 3 is 2.59 bits per heavy atom. The molecule has 1 aromatic heterocycles. The van der Waals surface area contributed by atoms with E-state index in [4.69, 9.17) is 9.47 Å². The minimum atomic E-state index is -3.93. The number of nitrogens with one attached hydrogen (secondary N) is 2. The smallest absolute Gasteiger partial charge is 0.261 e. The third-order valence-electron chi connectivity index (χ3n) is 6.53. The summed E-state index contributed by atoms with van der Waals surface area (Å²) in [6.07, 6.45) is 2.34. The number of carbonyl (C=O) groups excluding carboxylic acids is 1. The van der Waals surface area contributed by atoms with Gasteiger partial charge < -0.3 is 19.9 Å². The molecule has 1 fully saturated rings. The number of amides is 1. The summed E-state index contributed by atoms with van der Waals surface area (Å²) < 4.78 is 53.3. The van der Waals surface area contributed by atoms with Crippen molar-refractivity contribution >= 4 is 21.6 Å². The molecule has 2 aromatic carbocycles. The van der Waals surface area contributed by atoms with Crippen LogP contribution in [-0.4, -0.2) is 49.3 Å². The summed E-state index contributed by atoms with van der Waals surface area (Å²) in [6, 6.07) is 13.1. The molecule has 0 bridgehead atoms. The maximum absolute atomic E-state index is 13.2. The monoisotopic (exact) mass is 527 g/mol. The topological polar surface area (TPSA) is 127 Å². The summed E-state index contributed by atoms with van der Waals surface area (Å²) in [5, 5.41) is 12.8. The van der Waals surface area contributed by atoms with Crippen molar-refractivity contribution in [1.82, 2.24) is 10.3 Å². The van der Waals surface area contributed by atoms with Crippen molar-refractivity contribution in [2.75, 3.05) is 11.3 Å². The van der Waals surface area contributed by atoms with Crippen LogP contribution in [0.15, 0.2) is 71.9 Å². The summed E-state index contributed by atoms with van der Waals surface area (Å²) in [4.78, 5) is 16.5. The number of sulfonamides is 1. The number of nitrogens with zero attached hydrogens (tertiary/aromatic N) is 1. The van der Waals surface area contributed by atoms with E-state index in [1.54, 1.807) is 30.6 Å². The van der Waals surface area contributed by atoms with Crippen LogP contribution >= 0.6 is 0 Å². The van der Waals surface area contributed by atoms with E-state index in [1.165, 1.54) is 12.1 Å². The largest absolute Gasteiger partial charge is 0.487 e. The molecule has 4 atom stereocenters. The van der Waals surface area contributed by atoms with E-state index in [9.17, 15) is 22.7 Å². The lowest BCUT2D eigenvalue weighted by atomic mass is 9.84. The Balaban J connectivity index is 1.29. The number of halogens is 1. The molecule has 9 nitrogen and oxygen atoms in total. The number of pyridine rings is 1. The van der Waals surface area contributed by atoms with E-state index < -0.39 is 34.2 Å². The molecule has 0 saturated carbocycles. The highest BCUT2D eigenvalue weighted by molar-refractivity contribution is 7.92. The predicted molar refractivity (Wildman–Crippen MR) is 132 cm³/mol. The Kier molecular flexibility index (Phi) is 7.09. The molecule has 1 amide bonds. The van der Waals surface area contributed by atoms with Crippen LogP contribution in [0.1, 0.15) is 29.9 Å². The Labute approximate surface area is 213 Å². The lowest BCUT2D eigenvalue weighted by Gasteiger charge is -2.37. The van der Waals surface area contributed by atoms with Gasteiger partial charge in [0, 0.05) is 36.1 Å². The van der Waals surface area contributed by atoms with Gasteiger partial charge in [-0.3, -0.25) is 14.5 Å². The molecular formula is C26H26FN3O6S. The summed E-state index contributed by atoms with van der Waals surface area (Å²) in [6.45, 7) is 0.0847. The third kappa shape index (κ3) is 5.58. The highest BCUT2D eigenvalue weighted by Crippen LogP contribution is 2.47. The third-order valence-corrected chi connectivity index (χ3v) is 7.92. The van der Waals surface area contributed by atoms with Gasteiger partial charge in [-0.25, -0.2) is 12.8 Å². The van der Waals surface area contributed by atoms with Crippen LogP contribution in [0.3, 0.4) is 0 Å². The Bertz CT molecular complexity index is 1370. The molecule has 1 saturated heterocycles. The van der Waals surface area contributed by atoms with Gasteiger partial charge in [-0.2, -0.15) is 0 Å². The van der Waals surface area contributed by atoms with Crippen LogP contribution in [-0.2, 0) is 26.1 Å². The highest BCUT2D eigenvalue weighted by Gasteiger charge is 2.46. The Morgan fingerprint density at radius 1 is 1.11 bits per heavy atom. The van der Waals surface area contributed by atoms with E-state index in [0.717, 1.165) is 23.3 Å². The number of aliphatic hydroxyl groups excluding tert-OH is 1. The van der Waals surface area contributed by atoms with Gasteiger partial charge in [0.15, 0.2) is 0 Å². The normalized spacial score (nSPS) is 22.4. The highest BCUT2D eigenvalue weighted by atomic mass is 32.2. The first kappa shape index (κ1) is 25.1. The zero-order valence-corrected chi connectivity index (χ0v) is 20.5. The number of aliphatic hydroxyl groups is 1. The van der Waals surface area contributed by atoms with Crippen molar-refractivity contribution in [2.45, 2.75) is 48.5 Å². The lowest BCUT2D eigenvalue weighted by Crippen LogP contribution is -2.47. The van der Waals surface area contributed by atoms with Gasteiger partial charge in [-0.05, 0) is 66.6 Å². The number of benzene rings is 2. The molecule has 2 aliphatic rings. The molecule has 0 spiro atoms. The van der Waals surface area contributed by atoms with Crippen LogP contribution < -0.4 is 14.8 Å². The molecule has 0 unspecified atom stereocenters. The predicted octanol–water partition coefficient (Wildman–Crippen LogP) is 2.72. The fourth-order valence-electron chi connectivity index (χ4n) is 4.76. The van der Waals surface area contributed by atoms with Gasteiger partial charge >= 0.3 is 0 Å². The van der Waals surface area contributed by atoms with E-state index in [-0.39, 0.29) is 29.7 Å².